The smallest absolute Gasteiger partial charge is 0.0862 e. The fourth-order valence-electron chi connectivity index (χ4n) is 9.78. The van der Waals surface area contributed by atoms with E-state index < -0.39 is 0 Å². The van der Waals surface area contributed by atoms with Crippen LogP contribution in [0.25, 0.3) is 42.1 Å². The van der Waals surface area contributed by atoms with E-state index in [2.05, 4.69) is 149 Å². The lowest BCUT2D eigenvalue weighted by Crippen LogP contribution is -2.61. The Kier molecular flexibility index (Phi) is 9.09. The molecule has 266 valence electrons. The highest BCUT2D eigenvalue weighted by molar-refractivity contribution is 7.25. The zero-order valence-corrected chi connectivity index (χ0v) is 31.3. The first-order valence-electron chi connectivity index (χ1n) is 20.1. The summed E-state index contributed by atoms with van der Waals surface area (Å²) in [6, 6.07) is 50.4. The Balaban J connectivity index is 0.903. The van der Waals surface area contributed by atoms with Crippen molar-refractivity contribution >= 4 is 42.3 Å². The Labute approximate surface area is 317 Å². The van der Waals surface area contributed by atoms with Crippen LogP contribution in [0.2, 0.25) is 0 Å². The van der Waals surface area contributed by atoms with Crippen molar-refractivity contribution in [1.82, 2.24) is 16.0 Å². The van der Waals surface area contributed by atoms with Gasteiger partial charge in [0.1, 0.15) is 0 Å². The normalized spacial score (nSPS) is 24.2. The summed E-state index contributed by atoms with van der Waals surface area (Å²) >= 11 is 1.93. The molecule has 3 fully saturated rings. The Morgan fingerprint density at radius 3 is 1.89 bits per heavy atom. The van der Waals surface area contributed by atoms with Gasteiger partial charge in [-0.3, -0.25) is 16.0 Å². The minimum atomic E-state index is 0.0531. The van der Waals surface area contributed by atoms with E-state index in [4.69, 9.17) is 0 Å². The molecule has 3 unspecified atom stereocenters. The van der Waals surface area contributed by atoms with Gasteiger partial charge in [0.05, 0.1) is 18.5 Å². The highest BCUT2D eigenvalue weighted by Crippen LogP contribution is 2.41. The highest BCUT2D eigenvalue weighted by Gasteiger charge is 2.35. The number of nitrogens with one attached hydrogen (secondary N) is 3. The van der Waals surface area contributed by atoms with Crippen LogP contribution in [0.15, 0.2) is 133 Å². The Hall–Kier alpha value is -4.32. The lowest BCUT2D eigenvalue weighted by molar-refractivity contribution is 0.127. The van der Waals surface area contributed by atoms with Gasteiger partial charge in [0.25, 0.3) is 0 Å². The van der Waals surface area contributed by atoms with Crippen LogP contribution in [0.5, 0.6) is 0 Å². The number of fused-ring (bicyclic) bond motifs is 4. The van der Waals surface area contributed by atoms with Gasteiger partial charge in [0, 0.05) is 20.2 Å². The minimum absolute atomic E-state index is 0.0531. The maximum Gasteiger partial charge on any atom is 0.0862 e. The number of rotatable bonds is 6. The first-order valence-corrected chi connectivity index (χ1v) is 20.9. The minimum Gasteiger partial charge on any atom is -0.282 e. The molecule has 0 amide bonds. The van der Waals surface area contributed by atoms with Crippen molar-refractivity contribution in [3.8, 4) is 11.1 Å². The largest absolute Gasteiger partial charge is 0.282 e. The second-order valence-electron chi connectivity index (χ2n) is 16.0. The molecule has 0 bridgehead atoms. The van der Waals surface area contributed by atoms with Crippen LogP contribution in [-0.4, -0.2) is 6.17 Å². The summed E-state index contributed by atoms with van der Waals surface area (Å²) in [7, 11) is 0. The third-order valence-electron chi connectivity index (χ3n) is 12.8. The lowest BCUT2D eigenvalue weighted by atomic mass is 9.77. The molecule has 7 aromatic rings. The Morgan fingerprint density at radius 1 is 0.415 bits per heavy atom. The molecule has 2 saturated carbocycles. The maximum atomic E-state index is 4.06. The van der Waals surface area contributed by atoms with Crippen molar-refractivity contribution in [3.05, 3.63) is 156 Å². The summed E-state index contributed by atoms with van der Waals surface area (Å²) in [4.78, 5) is 0. The van der Waals surface area contributed by atoms with Crippen LogP contribution in [0.3, 0.4) is 0 Å². The molecule has 53 heavy (non-hydrogen) atoms. The van der Waals surface area contributed by atoms with Gasteiger partial charge in [-0.25, -0.2) is 0 Å². The molecule has 10 rings (SSSR count). The van der Waals surface area contributed by atoms with E-state index in [1.165, 1.54) is 122 Å². The second-order valence-corrected chi connectivity index (χ2v) is 17.1. The molecular formula is C49H49N3S. The molecule has 3 aliphatic rings. The maximum absolute atomic E-state index is 4.06. The molecule has 0 spiro atoms. The predicted octanol–water partition coefficient (Wildman–Crippen LogP) is 12.7. The van der Waals surface area contributed by atoms with Gasteiger partial charge in [0.15, 0.2) is 0 Å². The summed E-state index contributed by atoms with van der Waals surface area (Å²) in [6.07, 6.45) is 12.1. The van der Waals surface area contributed by atoms with Gasteiger partial charge in [-0.1, -0.05) is 141 Å². The van der Waals surface area contributed by atoms with Crippen molar-refractivity contribution in [2.75, 3.05) is 0 Å². The third-order valence-corrected chi connectivity index (χ3v) is 13.9. The first-order chi connectivity index (χ1) is 26.2. The van der Waals surface area contributed by atoms with Crippen LogP contribution in [-0.2, 0) is 0 Å². The lowest BCUT2D eigenvalue weighted by Gasteiger charge is -2.44. The van der Waals surface area contributed by atoms with Crippen LogP contribution in [0, 0.1) is 5.92 Å². The van der Waals surface area contributed by atoms with Crippen LogP contribution in [0.1, 0.15) is 104 Å². The molecule has 3 N–H and O–H groups in total. The van der Waals surface area contributed by atoms with Gasteiger partial charge in [-0.2, -0.15) is 0 Å². The zero-order valence-electron chi connectivity index (χ0n) is 30.4. The molecule has 2 aliphatic carbocycles. The van der Waals surface area contributed by atoms with Crippen molar-refractivity contribution in [3.63, 3.8) is 0 Å². The van der Waals surface area contributed by atoms with E-state index in [0.29, 0.717) is 11.8 Å². The van der Waals surface area contributed by atoms with E-state index >= 15 is 0 Å². The van der Waals surface area contributed by atoms with E-state index in [0.717, 1.165) is 5.92 Å². The van der Waals surface area contributed by atoms with Gasteiger partial charge in [0.2, 0.25) is 0 Å². The van der Waals surface area contributed by atoms with Crippen molar-refractivity contribution in [1.29, 1.82) is 0 Å². The van der Waals surface area contributed by atoms with Gasteiger partial charge < -0.3 is 0 Å². The first kappa shape index (κ1) is 33.3. The number of hydrogen-bond acceptors (Lipinski definition) is 4. The number of benzene rings is 6. The molecule has 3 nitrogen and oxygen atoms in total. The fourth-order valence-corrected chi connectivity index (χ4v) is 11.0. The van der Waals surface area contributed by atoms with Gasteiger partial charge in [-0.15, -0.1) is 11.3 Å². The average Bonchev–Trinajstić information content (AvgIpc) is 3.61. The van der Waals surface area contributed by atoms with Crippen molar-refractivity contribution in [2.45, 2.75) is 88.1 Å². The monoisotopic (exact) mass is 711 g/mol. The molecule has 1 aliphatic heterocycles. The molecule has 3 atom stereocenters. The summed E-state index contributed by atoms with van der Waals surface area (Å²) in [5, 5.41) is 17.4. The predicted molar refractivity (Wildman–Crippen MR) is 224 cm³/mol. The Morgan fingerprint density at radius 2 is 1.06 bits per heavy atom. The quantitative estimate of drug-likeness (QED) is 0.161. The summed E-state index contributed by atoms with van der Waals surface area (Å²) < 4.78 is 2.73. The van der Waals surface area contributed by atoms with Gasteiger partial charge >= 0.3 is 0 Å². The topological polar surface area (TPSA) is 36.1 Å². The molecule has 1 aromatic heterocycles. The second kappa shape index (κ2) is 14.5. The van der Waals surface area contributed by atoms with Crippen molar-refractivity contribution < 1.29 is 0 Å². The standard InChI is InChI=1S/C49H49N3S/c1-3-10-32(11-4-1)38-16-9-17-39(28-38)41-24-26-43-44-27-25-42(31-46(44)53-45(43)30-41)49-51-47(35-13-5-2-6-14-35)50-48(52-49)36-21-18-34(19-22-36)40-23-20-33-12-7-8-15-37(33)29-40/h2,5-9,12-17,20,23-32,34,36,47-52H,1,3-4,10-11,18-19,21-22H2. The van der Waals surface area contributed by atoms with Crippen LogP contribution < -0.4 is 16.0 Å². The van der Waals surface area contributed by atoms with E-state index in [1.807, 2.05) is 11.3 Å². The average molecular weight is 712 g/mol. The van der Waals surface area contributed by atoms with Crippen LogP contribution >= 0.6 is 11.3 Å². The molecule has 1 saturated heterocycles. The van der Waals surface area contributed by atoms with Gasteiger partial charge in [-0.05, 0) is 113 Å². The third kappa shape index (κ3) is 6.72. The summed E-state index contributed by atoms with van der Waals surface area (Å²) in [5.41, 5.74) is 8.30. The number of hydrogen-bond donors (Lipinski definition) is 3. The molecule has 4 heteroatoms. The molecule has 6 aromatic carbocycles. The Bertz CT molecular complexity index is 2370. The van der Waals surface area contributed by atoms with E-state index in [9.17, 15) is 0 Å². The van der Waals surface area contributed by atoms with Crippen molar-refractivity contribution in [2.24, 2.45) is 5.92 Å². The molecule has 0 radical (unpaired) electrons. The molecule has 2 heterocycles. The zero-order chi connectivity index (χ0) is 35.1. The van der Waals surface area contributed by atoms with E-state index in [-0.39, 0.29) is 18.5 Å². The number of thiophene rings is 1. The SMILES string of the molecule is c1ccc(C2NC(c3ccc4c(c3)sc3cc(-c5cccc(C6CCCCC6)c5)ccc34)NC(C3CCC(c4ccc5ccccc5c4)CC3)N2)cc1. The van der Waals surface area contributed by atoms with Crippen LogP contribution in [0.4, 0.5) is 0 Å². The summed E-state index contributed by atoms with van der Waals surface area (Å²) in [6.45, 7) is 0. The molecular weight excluding hydrogens is 663 g/mol. The fraction of sp³-hybridized carbons (Fsp3) is 0.306. The van der Waals surface area contributed by atoms with E-state index in [1.54, 1.807) is 0 Å². The highest BCUT2D eigenvalue weighted by atomic mass is 32.1. The summed E-state index contributed by atoms with van der Waals surface area (Å²) in [5.74, 6) is 1.93.